The number of benzene rings is 1. The fourth-order valence-electron chi connectivity index (χ4n) is 2.20. The van der Waals surface area contributed by atoms with Crippen molar-refractivity contribution in [3.05, 3.63) is 29.8 Å². The lowest BCUT2D eigenvalue weighted by molar-refractivity contribution is 0.0681. The van der Waals surface area contributed by atoms with E-state index in [0.717, 1.165) is 5.56 Å². The molecule has 4 nitrogen and oxygen atoms in total. The first-order chi connectivity index (χ1) is 7.92. The molecule has 0 amide bonds. The highest BCUT2D eigenvalue weighted by molar-refractivity contribution is 7.91. The summed E-state index contributed by atoms with van der Waals surface area (Å²) in [5, 5.41) is 10.2. The third-order valence-electron chi connectivity index (χ3n) is 3.03. The molecular formula is C12H16O4S. The quantitative estimate of drug-likeness (QED) is 0.868. The number of aliphatic hydroxyl groups is 1. The first kappa shape index (κ1) is 12.4. The highest BCUT2D eigenvalue weighted by Crippen LogP contribution is 2.28. The third kappa shape index (κ3) is 2.98. The van der Waals surface area contributed by atoms with Gasteiger partial charge in [-0.3, -0.25) is 0 Å². The molecule has 0 aromatic heterocycles. The number of methoxy groups -OCH3 is 1. The van der Waals surface area contributed by atoms with E-state index in [-0.39, 0.29) is 11.5 Å². The number of hydrogen-bond acceptors (Lipinski definition) is 4. The van der Waals surface area contributed by atoms with Gasteiger partial charge in [-0.15, -0.1) is 0 Å². The van der Waals surface area contributed by atoms with E-state index in [1.54, 1.807) is 7.11 Å². The average Bonchev–Trinajstić information content (AvgIpc) is 2.53. The van der Waals surface area contributed by atoms with Gasteiger partial charge in [0, 0.05) is 6.42 Å². The Hall–Kier alpha value is -1.07. The highest BCUT2D eigenvalue weighted by Gasteiger charge is 2.40. The van der Waals surface area contributed by atoms with Crippen LogP contribution in [-0.4, -0.2) is 37.7 Å². The second-order valence-electron chi connectivity index (χ2n) is 4.59. The molecule has 0 saturated carbocycles. The molecule has 1 heterocycles. The molecule has 0 bridgehead atoms. The van der Waals surface area contributed by atoms with E-state index in [1.165, 1.54) is 0 Å². The molecule has 2 rings (SSSR count). The number of ether oxygens (including phenoxy) is 1. The minimum absolute atomic E-state index is 0.0769. The molecule has 1 aromatic carbocycles. The van der Waals surface area contributed by atoms with Crippen LogP contribution in [0.25, 0.3) is 0 Å². The van der Waals surface area contributed by atoms with Crippen LogP contribution in [0.4, 0.5) is 0 Å². The summed E-state index contributed by atoms with van der Waals surface area (Å²) in [6.07, 6.45) is 0.663. The number of sulfone groups is 1. The van der Waals surface area contributed by atoms with Gasteiger partial charge in [-0.1, -0.05) is 12.1 Å². The van der Waals surface area contributed by atoms with Gasteiger partial charge in [0.25, 0.3) is 0 Å². The lowest BCUT2D eigenvalue weighted by Gasteiger charge is -2.20. The Kier molecular flexibility index (Phi) is 3.14. The molecule has 1 atom stereocenters. The molecule has 1 aliphatic heterocycles. The normalized spacial score (nSPS) is 26.9. The van der Waals surface area contributed by atoms with E-state index in [9.17, 15) is 13.5 Å². The van der Waals surface area contributed by atoms with Crippen LogP contribution in [0, 0.1) is 0 Å². The fraction of sp³-hybridized carbons (Fsp3) is 0.500. The van der Waals surface area contributed by atoms with Crippen molar-refractivity contribution < 1.29 is 18.3 Å². The topological polar surface area (TPSA) is 63.6 Å². The van der Waals surface area contributed by atoms with Crippen molar-refractivity contribution in [3.63, 3.8) is 0 Å². The van der Waals surface area contributed by atoms with Crippen LogP contribution in [0.1, 0.15) is 12.0 Å². The van der Waals surface area contributed by atoms with Crippen LogP contribution in [0.15, 0.2) is 24.3 Å². The van der Waals surface area contributed by atoms with E-state index < -0.39 is 15.4 Å². The average molecular weight is 256 g/mol. The summed E-state index contributed by atoms with van der Waals surface area (Å²) in [6.45, 7) is 0. The Balaban J connectivity index is 2.15. The Morgan fingerprint density at radius 1 is 1.47 bits per heavy atom. The van der Waals surface area contributed by atoms with Crippen LogP contribution in [0.2, 0.25) is 0 Å². The molecule has 5 heteroatoms. The van der Waals surface area contributed by atoms with Crippen molar-refractivity contribution >= 4 is 9.84 Å². The second-order valence-corrected chi connectivity index (χ2v) is 6.78. The molecule has 0 spiro atoms. The summed E-state index contributed by atoms with van der Waals surface area (Å²) in [5.74, 6) is 0.650. The monoisotopic (exact) mass is 256 g/mol. The first-order valence-corrected chi connectivity index (χ1v) is 7.30. The highest BCUT2D eigenvalue weighted by atomic mass is 32.2. The maximum Gasteiger partial charge on any atom is 0.153 e. The van der Waals surface area contributed by atoms with Crippen molar-refractivity contribution in [2.75, 3.05) is 18.6 Å². The van der Waals surface area contributed by atoms with Gasteiger partial charge >= 0.3 is 0 Å². The molecule has 0 aliphatic carbocycles. The minimum Gasteiger partial charge on any atom is -0.497 e. The zero-order valence-electron chi connectivity index (χ0n) is 9.72. The molecule has 94 valence electrons. The van der Waals surface area contributed by atoms with Crippen LogP contribution < -0.4 is 4.74 Å². The van der Waals surface area contributed by atoms with Gasteiger partial charge in [-0.25, -0.2) is 8.42 Å². The lowest BCUT2D eigenvalue weighted by atomic mass is 9.94. The Morgan fingerprint density at radius 3 is 2.82 bits per heavy atom. The van der Waals surface area contributed by atoms with E-state index in [2.05, 4.69) is 0 Å². The fourth-order valence-corrected chi connectivity index (χ4v) is 4.10. The van der Waals surface area contributed by atoms with Crippen LogP contribution in [0.5, 0.6) is 5.75 Å². The summed E-state index contributed by atoms with van der Waals surface area (Å²) < 4.78 is 27.8. The molecule has 0 radical (unpaired) electrons. The zero-order chi connectivity index (χ0) is 12.5. The van der Waals surface area contributed by atoms with Gasteiger partial charge in [0.1, 0.15) is 5.75 Å². The summed E-state index contributed by atoms with van der Waals surface area (Å²) in [4.78, 5) is 0. The SMILES string of the molecule is COc1cccc(CC2(O)CCS(=O)(=O)C2)c1. The largest absolute Gasteiger partial charge is 0.497 e. The van der Waals surface area contributed by atoms with Gasteiger partial charge < -0.3 is 9.84 Å². The standard InChI is InChI=1S/C12H16O4S/c1-16-11-4-2-3-10(7-11)8-12(13)5-6-17(14,15)9-12/h2-4,7,13H,5-6,8-9H2,1H3. The molecule has 1 saturated heterocycles. The van der Waals surface area contributed by atoms with Gasteiger partial charge in [-0.05, 0) is 24.1 Å². The molecule has 17 heavy (non-hydrogen) atoms. The Morgan fingerprint density at radius 2 is 2.24 bits per heavy atom. The first-order valence-electron chi connectivity index (χ1n) is 5.48. The summed E-state index contributed by atoms with van der Waals surface area (Å²) >= 11 is 0. The lowest BCUT2D eigenvalue weighted by Crippen LogP contribution is -2.32. The van der Waals surface area contributed by atoms with Crippen molar-refractivity contribution in [2.45, 2.75) is 18.4 Å². The molecule has 1 N–H and O–H groups in total. The summed E-state index contributed by atoms with van der Waals surface area (Å²) in [7, 11) is -1.49. The van der Waals surface area contributed by atoms with Crippen molar-refractivity contribution in [1.29, 1.82) is 0 Å². The molecular weight excluding hydrogens is 240 g/mol. The molecule has 1 aliphatic rings. The van der Waals surface area contributed by atoms with E-state index in [1.807, 2.05) is 24.3 Å². The predicted molar refractivity (Wildman–Crippen MR) is 64.9 cm³/mol. The van der Waals surface area contributed by atoms with Gasteiger partial charge in [-0.2, -0.15) is 0 Å². The molecule has 1 fully saturated rings. The maximum atomic E-state index is 11.4. The Labute approximate surface area is 101 Å². The second kappa shape index (κ2) is 4.31. The van der Waals surface area contributed by atoms with Crippen molar-refractivity contribution in [3.8, 4) is 5.75 Å². The third-order valence-corrected chi connectivity index (χ3v) is 4.84. The molecule has 1 aromatic rings. The summed E-state index contributed by atoms with van der Waals surface area (Å²) in [5.41, 5.74) is -0.227. The van der Waals surface area contributed by atoms with Crippen LogP contribution in [-0.2, 0) is 16.3 Å². The van der Waals surface area contributed by atoms with E-state index >= 15 is 0 Å². The van der Waals surface area contributed by atoms with Gasteiger partial charge in [0.2, 0.25) is 0 Å². The number of rotatable bonds is 3. The predicted octanol–water partition coefficient (Wildman–Crippen LogP) is 0.787. The minimum atomic E-state index is -3.07. The van der Waals surface area contributed by atoms with E-state index in [4.69, 9.17) is 4.74 Å². The molecule has 1 unspecified atom stereocenters. The smallest absolute Gasteiger partial charge is 0.153 e. The number of hydrogen-bond donors (Lipinski definition) is 1. The summed E-state index contributed by atoms with van der Waals surface area (Å²) in [6, 6.07) is 7.34. The zero-order valence-corrected chi connectivity index (χ0v) is 10.5. The van der Waals surface area contributed by atoms with Crippen molar-refractivity contribution in [2.24, 2.45) is 0 Å². The van der Waals surface area contributed by atoms with Crippen LogP contribution >= 0.6 is 0 Å². The maximum absolute atomic E-state index is 11.4. The van der Waals surface area contributed by atoms with E-state index in [0.29, 0.717) is 18.6 Å². The van der Waals surface area contributed by atoms with Crippen LogP contribution in [0.3, 0.4) is 0 Å². The Bertz CT molecular complexity index is 509. The van der Waals surface area contributed by atoms with Gasteiger partial charge in [0.15, 0.2) is 9.84 Å². The van der Waals surface area contributed by atoms with Gasteiger partial charge in [0.05, 0.1) is 24.2 Å². The van der Waals surface area contributed by atoms with Crippen molar-refractivity contribution in [1.82, 2.24) is 0 Å².